The van der Waals surface area contributed by atoms with Gasteiger partial charge in [0.2, 0.25) is 15.9 Å². The third kappa shape index (κ3) is 3.86. The van der Waals surface area contributed by atoms with Crippen molar-refractivity contribution in [2.75, 3.05) is 32.7 Å². The number of sulfonamides is 1. The number of aromatic nitrogens is 2. The zero-order chi connectivity index (χ0) is 21.3. The fourth-order valence-corrected chi connectivity index (χ4v) is 6.30. The molecule has 2 unspecified atom stereocenters. The van der Waals surface area contributed by atoms with Crippen LogP contribution in [-0.4, -0.2) is 83.2 Å². The van der Waals surface area contributed by atoms with E-state index in [1.165, 1.54) is 16.9 Å². The molecule has 4 heterocycles. The van der Waals surface area contributed by atoms with Crippen LogP contribution in [0.25, 0.3) is 11.0 Å². The fraction of sp³-hybridized carbons (Fsp3) is 0.619. The summed E-state index contributed by atoms with van der Waals surface area (Å²) in [4.78, 5) is 24.7. The van der Waals surface area contributed by atoms with E-state index in [0.717, 1.165) is 25.8 Å². The van der Waals surface area contributed by atoms with Gasteiger partial charge in [-0.1, -0.05) is 6.92 Å². The summed E-state index contributed by atoms with van der Waals surface area (Å²) in [6, 6.07) is 3.63. The van der Waals surface area contributed by atoms with Gasteiger partial charge in [-0.3, -0.25) is 9.69 Å². The van der Waals surface area contributed by atoms with Crippen molar-refractivity contribution < 1.29 is 13.2 Å². The van der Waals surface area contributed by atoms with E-state index in [1.54, 1.807) is 18.3 Å². The van der Waals surface area contributed by atoms with Crippen LogP contribution in [0.5, 0.6) is 0 Å². The molecule has 2 aliphatic heterocycles. The average Bonchev–Trinajstić information content (AvgIpc) is 3.23. The van der Waals surface area contributed by atoms with Crippen LogP contribution in [0, 0.1) is 0 Å². The van der Waals surface area contributed by atoms with Crippen LogP contribution >= 0.6 is 0 Å². The molecule has 0 aromatic carbocycles. The molecule has 2 saturated heterocycles. The highest BCUT2D eigenvalue weighted by Crippen LogP contribution is 2.26. The Morgan fingerprint density at radius 3 is 2.73 bits per heavy atom. The zero-order valence-corrected chi connectivity index (χ0v) is 18.6. The highest BCUT2D eigenvalue weighted by Gasteiger charge is 2.36. The molecule has 30 heavy (non-hydrogen) atoms. The summed E-state index contributed by atoms with van der Waals surface area (Å²) in [5.41, 5.74) is 0.570. The Morgan fingerprint density at radius 2 is 2.00 bits per heavy atom. The predicted octanol–water partition coefficient (Wildman–Crippen LogP) is 2.05. The molecule has 0 bridgehead atoms. The van der Waals surface area contributed by atoms with Crippen LogP contribution in [0.4, 0.5) is 0 Å². The minimum Gasteiger partial charge on any atom is -0.345 e. The van der Waals surface area contributed by atoms with Crippen molar-refractivity contribution in [3.8, 4) is 0 Å². The summed E-state index contributed by atoms with van der Waals surface area (Å²) in [5.74, 6) is 0.181. The van der Waals surface area contributed by atoms with Crippen molar-refractivity contribution >= 4 is 27.0 Å². The summed E-state index contributed by atoms with van der Waals surface area (Å²) < 4.78 is 27.9. The topological polar surface area (TPSA) is 89.6 Å². The van der Waals surface area contributed by atoms with Gasteiger partial charge in [0.05, 0.1) is 6.04 Å². The lowest BCUT2D eigenvalue weighted by molar-refractivity contribution is -0.140. The highest BCUT2D eigenvalue weighted by atomic mass is 32.2. The monoisotopic (exact) mass is 433 g/mol. The minimum atomic E-state index is -3.61. The maximum absolute atomic E-state index is 13.2. The molecule has 1 amide bonds. The molecule has 2 atom stereocenters. The van der Waals surface area contributed by atoms with Crippen molar-refractivity contribution in [1.82, 2.24) is 24.1 Å². The van der Waals surface area contributed by atoms with Gasteiger partial charge in [0.1, 0.15) is 10.5 Å². The molecule has 8 nitrogen and oxygen atoms in total. The normalized spacial score (nSPS) is 23.0. The molecule has 1 N–H and O–H groups in total. The molecule has 0 saturated carbocycles. The number of piperidine rings is 1. The van der Waals surface area contributed by atoms with E-state index in [1.807, 2.05) is 6.92 Å². The molecule has 0 radical (unpaired) electrons. The van der Waals surface area contributed by atoms with Crippen LogP contribution in [0.3, 0.4) is 0 Å². The van der Waals surface area contributed by atoms with E-state index in [4.69, 9.17) is 0 Å². The number of nitrogens with one attached hydrogen (secondary N) is 1. The van der Waals surface area contributed by atoms with Crippen LogP contribution < -0.4 is 0 Å². The number of rotatable bonds is 5. The number of carbonyl (C=O) groups excluding carboxylic acids is 1. The first-order valence-electron chi connectivity index (χ1n) is 10.9. The van der Waals surface area contributed by atoms with Crippen molar-refractivity contribution in [2.45, 2.75) is 56.5 Å². The number of hydrogen-bond acceptors (Lipinski definition) is 5. The maximum Gasteiger partial charge on any atom is 0.245 e. The quantitative estimate of drug-likeness (QED) is 0.780. The van der Waals surface area contributed by atoms with E-state index in [2.05, 4.69) is 26.7 Å². The van der Waals surface area contributed by atoms with Crippen LogP contribution in [0.15, 0.2) is 29.4 Å². The zero-order valence-electron chi connectivity index (χ0n) is 17.7. The van der Waals surface area contributed by atoms with Gasteiger partial charge in [0, 0.05) is 56.5 Å². The molecule has 0 aliphatic carbocycles. The van der Waals surface area contributed by atoms with Gasteiger partial charge in [-0.25, -0.2) is 13.4 Å². The number of pyridine rings is 1. The first-order valence-corrected chi connectivity index (χ1v) is 12.3. The van der Waals surface area contributed by atoms with Gasteiger partial charge in [-0.05, 0) is 44.7 Å². The Balaban J connectivity index is 1.42. The number of aromatic amines is 1. The summed E-state index contributed by atoms with van der Waals surface area (Å²) in [6.45, 7) is 6.80. The number of nitrogens with zero attached hydrogens (tertiary/aromatic N) is 4. The number of amides is 1. The van der Waals surface area contributed by atoms with E-state index in [-0.39, 0.29) is 16.8 Å². The molecular formula is C21H31N5O3S. The second-order valence-electron chi connectivity index (χ2n) is 8.26. The second-order valence-corrected chi connectivity index (χ2v) is 10.2. The Bertz CT molecular complexity index is 997. The Morgan fingerprint density at radius 1 is 1.23 bits per heavy atom. The van der Waals surface area contributed by atoms with Crippen molar-refractivity contribution in [1.29, 1.82) is 0 Å². The summed E-state index contributed by atoms with van der Waals surface area (Å²) in [6.07, 6.45) is 7.49. The molecular weight excluding hydrogens is 402 g/mol. The number of fused-ring (bicyclic) bond motifs is 1. The van der Waals surface area contributed by atoms with E-state index in [0.29, 0.717) is 43.3 Å². The number of carbonyl (C=O) groups is 1. The van der Waals surface area contributed by atoms with Gasteiger partial charge < -0.3 is 9.88 Å². The fourth-order valence-electron chi connectivity index (χ4n) is 4.73. The summed E-state index contributed by atoms with van der Waals surface area (Å²) >= 11 is 0. The van der Waals surface area contributed by atoms with Gasteiger partial charge in [-0.15, -0.1) is 0 Å². The Hall–Kier alpha value is -1.97. The largest absolute Gasteiger partial charge is 0.345 e. The summed E-state index contributed by atoms with van der Waals surface area (Å²) in [7, 11) is -3.61. The molecule has 4 rings (SSSR count). The Kier molecular flexibility index (Phi) is 6.13. The SMILES string of the molecule is CCC1CCCCN1C(=O)C(C)N1CCN(S(=O)(=O)c2c[nH]c3ncccc23)CC1. The van der Waals surface area contributed by atoms with E-state index >= 15 is 0 Å². The van der Waals surface area contributed by atoms with E-state index in [9.17, 15) is 13.2 Å². The first kappa shape index (κ1) is 21.3. The molecule has 2 aromatic rings. The lowest BCUT2D eigenvalue weighted by Gasteiger charge is -2.41. The molecule has 2 aliphatic rings. The molecule has 164 valence electrons. The third-order valence-electron chi connectivity index (χ3n) is 6.59. The van der Waals surface area contributed by atoms with Crippen molar-refractivity contribution in [3.63, 3.8) is 0 Å². The van der Waals surface area contributed by atoms with Gasteiger partial charge >= 0.3 is 0 Å². The van der Waals surface area contributed by atoms with Crippen molar-refractivity contribution in [2.24, 2.45) is 0 Å². The van der Waals surface area contributed by atoms with Crippen LogP contribution in [0.2, 0.25) is 0 Å². The standard InChI is InChI=1S/C21H31N5O3S/c1-3-17-7-4-5-10-26(17)21(27)16(2)24-11-13-25(14-12-24)30(28,29)19-15-23-20-18(19)8-6-9-22-20/h6,8-9,15-17H,3-5,7,10-14H2,1-2H3,(H,22,23). The average molecular weight is 434 g/mol. The molecule has 2 fully saturated rings. The third-order valence-corrected chi connectivity index (χ3v) is 8.53. The van der Waals surface area contributed by atoms with Gasteiger partial charge in [-0.2, -0.15) is 4.31 Å². The second kappa shape index (κ2) is 8.64. The van der Waals surface area contributed by atoms with Gasteiger partial charge in [0.15, 0.2) is 0 Å². The predicted molar refractivity (Wildman–Crippen MR) is 116 cm³/mol. The lowest BCUT2D eigenvalue weighted by atomic mass is 9.99. The number of hydrogen-bond donors (Lipinski definition) is 1. The van der Waals surface area contributed by atoms with Crippen LogP contribution in [0.1, 0.15) is 39.5 Å². The lowest BCUT2D eigenvalue weighted by Crippen LogP contribution is -2.57. The molecule has 0 spiro atoms. The number of piperazine rings is 1. The van der Waals surface area contributed by atoms with Crippen molar-refractivity contribution in [3.05, 3.63) is 24.5 Å². The maximum atomic E-state index is 13.2. The number of H-pyrrole nitrogens is 1. The minimum absolute atomic E-state index is 0.181. The smallest absolute Gasteiger partial charge is 0.245 e. The first-order chi connectivity index (χ1) is 14.4. The van der Waals surface area contributed by atoms with Gasteiger partial charge in [0.25, 0.3) is 0 Å². The van der Waals surface area contributed by atoms with E-state index < -0.39 is 10.0 Å². The summed E-state index contributed by atoms with van der Waals surface area (Å²) in [5, 5.41) is 0.610. The number of likely N-dealkylation sites (tertiary alicyclic amines) is 1. The Labute approximate surface area is 178 Å². The highest BCUT2D eigenvalue weighted by molar-refractivity contribution is 7.89. The van der Waals surface area contributed by atoms with Crippen LogP contribution in [-0.2, 0) is 14.8 Å². The molecule has 2 aromatic heterocycles. The molecule has 9 heteroatoms.